The molecule has 0 aliphatic heterocycles. The Morgan fingerprint density at radius 1 is 1.00 bits per heavy atom. The number of rotatable bonds is 5. The number of hydrogen-bond acceptors (Lipinski definition) is 3. The Balaban J connectivity index is 1.91. The molecular weight excluding hydrogens is 486 g/mol. The van der Waals surface area contributed by atoms with E-state index in [2.05, 4.69) is 16.5 Å². The van der Waals surface area contributed by atoms with E-state index >= 15 is 0 Å². The summed E-state index contributed by atoms with van der Waals surface area (Å²) in [5.74, 6) is -0.976. The number of carbonyl (C=O) groups excluding carboxylic acids is 1. The summed E-state index contributed by atoms with van der Waals surface area (Å²) in [6, 6.07) is 19.3. The second-order valence-electron chi connectivity index (χ2n) is 6.99. The summed E-state index contributed by atoms with van der Waals surface area (Å²) in [6.45, 7) is 0. The fourth-order valence-corrected chi connectivity index (χ4v) is 3.95. The van der Waals surface area contributed by atoms with E-state index in [-0.39, 0.29) is 12.1 Å². The molecule has 0 spiro atoms. The largest absolute Gasteiger partial charge is 0.321 e. The highest BCUT2D eigenvalue weighted by molar-refractivity contribution is 6.35. The number of benzene rings is 3. The van der Waals surface area contributed by atoms with Crippen LogP contribution in [0, 0.1) is 17.1 Å². The molecule has 0 unspecified atom stereocenters. The molecule has 0 aliphatic rings. The molecule has 33 heavy (non-hydrogen) atoms. The Morgan fingerprint density at radius 2 is 1.67 bits per heavy atom. The van der Waals surface area contributed by atoms with Gasteiger partial charge in [0.15, 0.2) is 5.69 Å². The lowest BCUT2D eigenvalue weighted by Gasteiger charge is -2.11. The molecule has 4 aromatic rings. The van der Waals surface area contributed by atoms with Gasteiger partial charge in [-0.2, -0.15) is 10.4 Å². The first kappa shape index (κ1) is 22.8. The normalized spacial score (nSPS) is 10.6. The van der Waals surface area contributed by atoms with Crippen LogP contribution in [0.15, 0.2) is 66.7 Å². The van der Waals surface area contributed by atoms with Gasteiger partial charge in [0.2, 0.25) is 0 Å². The Kier molecular flexibility index (Phi) is 6.66. The molecule has 1 heterocycles. The van der Waals surface area contributed by atoms with Crippen LogP contribution >= 0.6 is 34.8 Å². The molecule has 0 fully saturated rings. The lowest BCUT2D eigenvalue weighted by molar-refractivity contribution is 0.102. The molecule has 5 nitrogen and oxygen atoms in total. The number of amides is 1. The molecule has 0 saturated heterocycles. The van der Waals surface area contributed by atoms with E-state index in [0.717, 1.165) is 0 Å². The van der Waals surface area contributed by atoms with Gasteiger partial charge in [-0.1, -0.05) is 46.9 Å². The van der Waals surface area contributed by atoms with Crippen molar-refractivity contribution >= 4 is 46.4 Å². The average molecular weight is 500 g/mol. The summed E-state index contributed by atoms with van der Waals surface area (Å²) in [4.78, 5) is 13.2. The molecule has 0 saturated carbocycles. The lowest BCUT2D eigenvalue weighted by Crippen LogP contribution is -2.15. The van der Waals surface area contributed by atoms with Gasteiger partial charge in [0.1, 0.15) is 5.82 Å². The van der Waals surface area contributed by atoms with Crippen molar-refractivity contribution in [2.45, 2.75) is 6.42 Å². The van der Waals surface area contributed by atoms with Crippen LogP contribution in [0.2, 0.25) is 15.1 Å². The van der Waals surface area contributed by atoms with Crippen molar-refractivity contribution in [2.75, 3.05) is 5.32 Å². The summed E-state index contributed by atoms with van der Waals surface area (Å²) in [7, 11) is 0. The molecule has 1 aromatic heterocycles. The molecular formula is C24H14Cl3FN4O. The molecule has 0 atom stereocenters. The maximum atomic E-state index is 13.2. The minimum absolute atomic E-state index is 0.0387. The highest BCUT2D eigenvalue weighted by Gasteiger charge is 2.26. The first-order valence-corrected chi connectivity index (χ1v) is 10.8. The van der Waals surface area contributed by atoms with E-state index < -0.39 is 11.7 Å². The fraction of sp³-hybridized carbons (Fsp3) is 0.0417. The first-order valence-electron chi connectivity index (χ1n) is 9.64. The van der Waals surface area contributed by atoms with Crippen LogP contribution in [-0.2, 0) is 6.42 Å². The highest BCUT2D eigenvalue weighted by Crippen LogP contribution is 2.34. The Bertz CT molecular complexity index is 1380. The average Bonchev–Trinajstić information content (AvgIpc) is 3.15. The third kappa shape index (κ3) is 4.86. The van der Waals surface area contributed by atoms with Gasteiger partial charge in [0.25, 0.3) is 5.91 Å². The van der Waals surface area contributed by atoms with E-state index in [1.165, 1.54) is 28.9 Å². The van der Waals surface area contributed by atoms with Gasteiger partial charge in [-0.25, -0.2) is 9.07 Å². The van der Waals surface area contributed by atoms with Crippen molar-refractivity contribution < 1.29 is 9.18 Å². The topological polar surface area (TPSA) is 70.7 Å². The first-order chi connectivity index (χ1) is 15.9. The molecule has 1 N–H and O–H groups in total. The molecule has 3 aromatic carbocycles. The lowest BCUT2D eigenvalue weighted by atomic mass is 10.0. The quantitative estimate of drug-likeness (QED) is 0.323. The number of halogens is 4. The molecule has 0 aliphatic carbocycles. The standard InChI is InChI=1S/C24H14Cl3FN4O/c25-15-3-1-14(2-4-15)23-19(11-12-29)22(24(33)30-18-8-6-17(28)7-9-18)31-32(23)21-10-5-16(26)13-20(21)27/h1-10,13H,11H2,(H,30,33). The van der Waals surface area contributed by atoms with Gasteiger partial charge in [0.05, 0.1) is 28.9 Å². The van der Waals surface area contributed by atoms with Crippen molar-refractivity contribution in [3.63, 3.8) is 0 Å². The SMILES string of the molecule is N#CCc1c(C(=O)Nc2ccc(F)cc2)nn(-c2ccc(Cl)cc2Cl)c1-c1ccc(Cl)cc1. The molecule has 4 rings (SSSR count). The second kappa shape index (κ2) is 9.63. The number of aromatic nitrogens is 2. The van der Waals surface area contributed by atoms with Crippen molar-refractivity contribution in [1.82, 2.24) is 9.78 Å². The van der Waals surface area contributed by atoms with Gasteiger partial charge in [-0.05, 0) is 54.6 Å². The number of carbonyl (C=O) groups is 1. The van der Waals surface area contributed by atoms with Crippen LogP contribution in [0.5, 0.6) is 0 Å². The summed E-state index contributed by atoms with van der Waals surface area (Å²) < 4.78 is 14.8. The van der Waals surface area contributed by atoms with Gasteiger partial charge in [0, 0.05) is 26.9 Å². The van der Waals surface area contributed by atoms with Crippen LogP contribution in [0.3, 0.4) is 0 Å². The van der Waals surface area contributed by atoms with Gasteiger partial charge < -0.3 is 5.32 Å². The summed E-state index contributed by atoms with van der Waals surface area (Å²) in [5, 5.41) is 18.0. The van der Waals surface area contributed by atoms with Crippen molar-refractivity contribution in [1.29, 1.82) is 5.26 Å². The van der Waals surface area contributed by atoms with E-state index in [9.17, 15) is 14.4 Å². The number of anilines is 1. The van der Waals surface area contributed by atoms with E-state index in [1.807, 2.05) is 0 Å². The fourth-order valence-electron chi connectivity index (χ4n) is 3.33. The van der Waals surface area contributed by atoms with Crippen molar-refractivity contribution in [2.24, 2.45) is 0 Å². The van der Waals surface area contributed by atoms with Crippen LogP contribution in [0.1, 0.15) is 16.1 Å². The number of nitrogens with zero attached hydrogens (tertiary/aromatic N) is 3. The monoisotopic (exact) mass is 498 g/mol. The zero-order chi connectivity index (χ0) is 23.5. The van der Waals surface area contributed by atoms with Crippen LogP contribution < -0.4 is 5.32 Å². The zero-order valence-electron chi connectivity index (χ0n) is 16.8. The minimum atomic E-state index is -0.550. The van der Waals surface area contributed by atoms with Gasteiger partial charge in [-0.3, -0.25) is 4.79 Å². The van der Waals surface area contributed by atoms with Crippen LogP contribution in [-0.4, -0.2) is 15.7 Å². The van der Waals surface area contributed by atoms with Crippen LogP contribution in [0.4, 0.5) is 10.1 Å². The Labute approximate surface area is 203 Å². The maximum Gasteiger partial charge on any atom is 0.276 e. The smallest absolute Gasteiger partial charge is 0.276 e. The third-order valence-corrected chi connectivity index (χ3v) is 5.60. The molecule has 1 amide bonds. The molecule has 164 valence electrons. The summed E-state index contributed by atoms with van der Waals surface area (Å²) in [5.41, 5.74) is 2.51. The second-order valence-corrected chi connectivity index (χ2v) is 8.27. The van der Waals surface area contributed by atoms with Crippen molar-refractivity contribution in [3.05, 3.63) is 98.9 Å². The molecule has 0 radical (unpaired) electrons. The third-order valence-electron chi connectivity index (χ3n) is 4.81. The van der Waals surface area contributed by atoms with Gasteiger partial charge in [-0.15, -0.1) is 0 Å². The molecule has 0 bridgehead atoms. The number of nitrogens with one attached hydrogen (secondary N) is 1. The Morgan fingerprint density at radius 3 is 2.30 bits per heavy atom. The predicted molar refractivity (Wildman–Crippen MR) is 128 cm³/mol. The van der Waals surface area contributed by atoms with Crippen LogP contribution in [0.25, 0.3) is 16.9 Å². The maximum absolute atomic E-state index is 13.2. The summed E-state index contributed by atoms with van der Waals surface area (Å²) in [6.07, 6.45) is -0.0880. The number of nitriles is 1. The zero-order valence-corrected chi connectivity index (χ0v) is 19.1. The van der Waals surface area contributed by atoms with E-state index in [4.69, 9.17) is 34.8 Å². The van der Waals surface area contributed by atoms with E-state index in [1.54, 1.807) is 42.5 Å². The van der Waals surface area contributed by atoms with Crippen molar-refractivity contribution in [3.8, 4) is 23.0 Å². The van der Waals surface area contributed by atoms with E-state index in [0.29, 0.717) is 43.3 Å². The number of hydrogen-bond donors (Lipinski definition) is 1. The summed E-state index contributed by atoms with van der Waals surface area (Å²) >= 11 is 18.6. The Hall–Kier alpha value is -3.37. The highest BCUT2D eigenvalue weighted by atomic mass is 35.5. The minimum Gasteiger partial charge on any atom is -0.321 e. The molecule has 9 heteroatoms. The predicted octanol–water partition coefficient (Wildman–Crippen LogP) is 6.96. The van der Waals surface area contributed by atoms with Gasteiger partial charge >= 0.3 is 0 Å².